The monoisotopic (exact) mass is 261 g/mol. The molecule has 5 heteroatoms. The van der Waals surface area contributed by atoms with Crippen molar-refractivity contribution in [2.24, 2.45) is 0 Å². The summed E-state index contributed by atoms with van der Waals surface area (Å²) >= 11 is 0. The maximum atomic E-state index is 12.9. The lowest BCUT2D eigenvalue weighted by Crippen LogP contribution is -2.28. The Morgan fingerprint density at radius 2 is 1.95 bits per heavy atom. The highest BCUT2D eigenvalue weighted by Gasteiger charge is 2.27. The van der Waals surface area contributed by atoms with Crippen LogP contribution in [0.5, 0.6) is 0 Å². The molecule has 1 N–H and O–H groups in total. The topological polar surface area (TPSA) is 63.1 Å². The van der Waals surface area contributed by atoms with Gasteiger partial charge in [0.15, 0.2) is 0 Å². The van der Waals surface area contributed by atoms with E-state index in [0.717, 1.165) is 18.4 Å². The fraction of sp³-hybridized carbons (Fsp3) is 0.286. The van der Waals surface area contributed by atoms with Crippen LogP contribution >= 0.6 is 0 Å². The largest absolute Gasteiger partial charge is 0.419 e. The predicted octanol–water partition coefficient (Wildman–Crippen LogP) is 1.94. The molecule has 0 spiro atoms. The Kier molecular flexibility index (Phi) is 2.81. The molecule has 1 unspecified atom stereocenters. The van der Waals surface area contributed by atoms with Gasteiger partial charge in [0.05, 0.1) is 5.56 Å². The Morgan fingerprint density at radius 3 is 2.68 bits per heavy atom. The Labute approximate surface area is 107 Å². The van der Waals surface area contributed by atoms with Crippen LogP contribution < -0.4 is 11.3 Å². The normalized spacial score (nSPS) is 18.1. The second-order valence-corrected chi connectivity index (χ2v) is 4.68. The highest BCUT2D eigenvalue weighted by Crippen LogP contribution is 2.34. The molecule has 1 aliphatic rings. The first-order valence-corrected chi connectivity index (χ1v) is 6.17. The number of rotatable bonds is 1. The summed E-state index contributed by atoms with van der Waals surface area (Å²) in [6.07, 6.45) is 2.23. The van der Waals surface area contributed by atoms with Crippen LogP contribution in [-0.4, -0.2) is 4.98 Å². The van der Waals surface area contributed by atoms with Crippen molar-refractivity contribution in [3.05, 3.63) is 67.9 Å². The van der Waals surface area contributed by atoms with Crippen LogP contribution in [0.25, 0.3) is 0 Å². The van der Waals surface area contributed by atoms with Crippen molar-refractivity contribution in [1.82, 2.24) is 4.98 Å². The molecule has 1 heterocycles. The molecular formula is C14H12FNO3. The molecule has 0 saturated heterocycles. The number of halogens is 1. The minimum absolute atomic E-state index is 0.153. The molecule has 1 atom stereocenters. The number of hydrogen-bond acceptors (Lipinski definition) is 3. The van der Waals surface area contributed by atoms with Crippen molar-refractivity contribution in [1.29, 1.82) is 0 Å². The Hall–Kier alpha value is -2.17. The molecule has 0 aliphatic heterocycles. The van der Waals surface area contributed by atoms with E-state index in [1.54, 1.807) is 12.1 Å². The van der Waals surface area contributed by atoms with Crippen LogP contribution in [0.15, 0.2) is 38.3 Å². The van der Waals surface area contributed by atoms with Crippen LogP contribution in [0.3, 0.4) is 0 Å². The summed E-state index contributed by atoms with van der Waals surface area (Å²) in [6, 6.07) is 6.07. The number of nitrogens with one attached hydrogen (secondary N) is 1. The summed E-state index contributed by atoms with van der Waals surface area (Å²) in [7, 11) is 0. The molecule has 0 saturated carbocycles. The molecule has 0 bridgehead atoms. The van der Waals surface area contributed by atoms with Gasteiger partial charge in [-0.3, -0.25) is 9.78 Å². The Bertz CT molecular complexity index is 715. The van der Waals surface area contributed by atoms with E-state index >= 15 is 0 Å². The quantitative estimate of drug-likeness (QED) is 0.853. The lowest BCUT2D eigenvalue weighted by atomic mass is 9.83. The van der Waals surface area contributed by atoms with Crippen molar-refractivity contribution < 1.29 is 8.81 Å². The van der Waals surface area contributed by atoms with Crippen molar-refractivity contribution >= 4 is 0 Å². The van der Waals surface area contributed by atoms with Crippen LogP contribution in [0.1, 0.15) is 35.6 Å². The van der Waals surface area contributed by atoms with Crippen LogP contribution in [-0.2, 0) is 6.42 Å². The van der Waals surface area contributed by atoms with Gasteiger partial charge in [-0.05, 0) is 37.0 Å². The van der Waals surface area contributed by atoms with Crippen molar-refractivity contribution in [2.45, 2.75) is 25.2 Å². The van der Waals surface area contributed by atoms with Crippen molar-refractivity contribution in [3.8, 4) is 0 Å². The third kappa shape index (κ3) is 2.12. The molecule has 1 aromatic heterocycles. The minimum atomic E-state index is -0.738. The van der Waals surface area contributed by atoms with E-state index in [2.05, 4.69) is 4.98 Å². The number of fused-ring (bicyclic) bond motifs is 1. The number of benzene rings is 1. The maximum absolute atomic E-state index is 12.9. The number of hydrogen-bond donors (Lipinski definition) is 1. The first-order chi connectivity index (χ1) is 9.15. The van der Waals surface area contributed by atoms with Gasteiger partial charge in [-0.15, -0.1) is 0 Å². The molecule has 0 fully saturated rings. The zero-order valence-electron chi connectivity index (χ0n) is 10.1. The van der Waals surface area contributed by atoms with E-state index in [4.69, 9.17) is 4.42 Å². The Balaban J connectivity index is 2.15. The first kappa shape index (κ1) is 11.9. The second kappa shape index (κ2) is 4.50. The summed E-state index contributed by atoms with van der Waals surface area (Å²) in [4.78, 5) is 25.2. The summed E-state index contributed by atoms with van der Waals surface area (Å²) in [6.45, 7) is 0. The SMILES string of the molecule is O=c1[nH]c(=O)c2c(o1)C(c1ccc(F)cc1)CCC2. The minimum Gasteiger partial charge on any atom is -0.413 e. The average Bonchev–Trinajstić information content (AvgIpc) is 2.39. The molecule has 1 aliphatic carbocycles. The van der Waals surface area contributed by atoms with Gasteiger partial charge in [-0.1, -0.05) is 12.1 Å². The number of H-pyrrole nitrogens is 1. The zero-order chi connectivity index (χ0) is 13.4. The lowest BCUT2D eigenvalue weighted by Gasteiger charge is -2.22. The number of aromatic nitrogens is 1. The zero-order valence-corrected chi connectivity index (χ0v) is 10.1. The van der Waals surface area contributed by atoms with E-state index in [0.29, 0.717) is 17.7 Å². The number of aromatic amines is 1. The van der Waals surface area contributed by atoms with Crippen molar-refractivity contribution in [3.63, 3.8) is 0 Å². The van der Waals surface area contributed by atoms with Gasteiger partial charge in [0.2, 0.25) is 0 Å². The molecule has 0 amide bonds. The molecule has 2 aromatic rings. The first-order valence-electron chi connectivity index (χ1n) is 6.17. The maximum Gasteiger partial charge on any atom is 0.419 e. The standard InChI is InChI=1S/C14H12FNO3/c15-9-6-4-8(5-7-9)10-2-1-3-11-12(10)19-14(18)16-13(11)17/h4-7,10H,1-3H2,(H,16,17,18). The van der Waals surface area contributed by atoms with Crippen LogP contribution in [0, 0.1) is 5.82 Å². The van der Waals surface area contributed by atoms with E-state index < -0.39 is 5.76 Å². The van der Waals surface area contributed by atoms with Crippen LogP contribution in [0.2, 0.25) is 0 Å². The van der Waals surface area contributed by atoms with Gasteiger partial charge in [-0.2, -0.15) is 0 Å². The molecular weight excluding hydrogens is 249 g/mol. The fourth-order valence-corrected chi connectivity index (χ4v) is 2.61. The third-order valence-electron chi connectivity index (χ3n) is 3.50. The molecule has 0 radical (unpaired) electrons. The average molecular weight is 261 g/mol. The van der Waals surface area contributed by atoms with Gasteiger partial charge in [0.25, 0.3) is 5.56 Å². The second-order valence-electron chi connectivity index (χ2n) is 4.68. The van der Waals surface area contributed by atoms with Gasteiger partial charge in [-0.25, -0.2) is 9.18 Å². The van der Waals surface area contributed by atoms with Gasteiger partial charge >= 0.3 is 5.76 Å². The lowest BCUT2D eigenvalue weighted by molar-refractivity contribution is 0.381. The van der Waals surface area contributed by atoms with Gasteiger partial charge < -0.3 is 4.42 Å². The molecule has 1 aromatic carbocycles. The van der Waals surface area contributed by atoms with E-state index in [1.165, 1.54) is 12.1 Å². The fourth-order valence-electron chi connectivity index (χ4n) is 2.61. The van der Waals surface area contributed by atoms with E-state index in [-0.39, 0.29) is 17.3 Å². The van der Waals surface area contributed by atoms with Gasteiger partial charge in [0, 0.05) is 5.92 Å². The van der Waals surface area contributed by atoms with E-state index in [1.807, 2.05) is 0 Å². The molecule has 3 rings (SSSR count). The predicted molar refractivity (Wildman–Crippen MR) is 66.8 cm³/mol. The smallest absolute Gasteiger partial charge is 0.413 e. The molecule has 4 nitrogen and oxygen atoms in total. The summed E-state index contributed by atoms with van der Waals surface area (Å²) in [5, 5.41) is 0. The highest BCUT2D eigenvalue weighted by molar-refractivity contribution is 5.32. The summed E-state index contributed by atoms with van der Waals surface area (Å²) in [5.41, 5.74) is 1.01. The van der Waals surface area contributed by atoms with Crippen molar-refractivity contribution in [2.75, 3.05) is 0 Å². The van der Waals surface area contributed by atoms with Gasteiger partial charge in [0.1, 0.15) is 11.6 Å². The highest BCUT2D eigenvalue weighted by atomic mass is 19.1. The summed E-state index contributed by atoms with van der Waals surface area (Å²) in [5.74, 6) is -0.782. The van der Waals surface area contributed by atoms with Crippen LogP contribution in [0.4, 0.5) is 4.39 Å². The Morgan fingerprint density at radius 1 is 1.21 bits per heavy atom. The van der Waals surface area contributed by atoms with E-state index in [9.17, 15) is 14.0 Å². The summed E-state index contributed by atoms with van der Waals surface area (Å²) < 4.78 is 18.1. The molecule has 98 valence electrons. The third-order valence-corrected chi connectivity index (χ3v) is 3.50. The molecule has 19 heavy (non-hydrogen) atoms.